The third-order valence-corrected chi connectivity index (χ3v) is 13.3. The Labute approximate surface area is 210 Å². The molecule has 7 unspecified atom stereocenters. The second-order valence-corrected chi connectivity index (χ2v) is 14.9. The topological polar surface area (TPSA) is 26.3 Å². The molecule has 0 aromatic carbocycles. The van der Waals surface area contributed by atoms with E-state index >= 15 is 0 Å². The number of esters is 1. The van der Waals surface area contributed by atoms with Crippen LogP contribution in [0, 0.1) is 50.7 Å². The van der Waals surface area contributed by atoms with Crippen LogP contribution in [0.4, 0.5) is 0 Å². The van der Waals surface area contributed by atoms with Crippen LogP contribution >= 0.6 is 0 Å². The van der Waals surface area contributed by atoms with Gasteiger partial charge < -0.3 is 4.74 Å². The quantitative estimate of drug-likeness (QED) is 0.298. The SMILES string of the molecule is CC(=O)OC1CCC23CC24CCC2(C)C(C(C)CCC=C(C)C)CC[C@@]2(C)C4CC[C@H]3C1(C)C. The Morgan fingerprint density at radius 3 is 2.24 bits per heavy atom. The molecule has 2 nitrogen and oxygen atoms in total. The first-order valence-electron chi connectivity index (χ1n) is 14.6. The van der Waals surface area contributed by atoms with Gasteiger partial charge in [-0.05, 0) is 130 Å². The van der Waals surface area contributed by atoms with Crippen LogP contribution in [0.3, 0.4) is 0 Å². The zero-order chi connectivity index (χ0) is 24.7. The number of ether oxygens (including phenoxy) is 1. The van der Waals surface area contributed by atoms with Crippen molar-refractivity contribution in [2.45, 2.75) is 132 Å². The first kappa shape index (κ1) is 24.9. The lowest BCUT2D eigenvalue weighted by molar-refractivity contribution is -0.181. The molecule has 0 heterocycles. The molecule has 5 saturated carbocycles. The first-order valence-corrected chi connectivity index (χ1v) is 14.6. The molecule has 5 fully saturated rings. The van der Waals surface area contributed by atoms with Crippen molar-refractivity contribution < 1.29 is 9.53 Å². The molecule has 5 rings (SSSR count). The monoisotopic (exact) mass is 468 g/mol. The Hall–Kier alpha value is -0.790. The van der Waals surface area contributed by atoms with Gasteiger partial charge in [-0.1, -0.05) is 46.3 Å². The summed E-state index contributed by atoms with van der Waals surface area (Å²) in [6.45, 7) is 18.9. The first-order chi connectivity index (χ1) is 15.8. The van der Waals surface area contributed by atoms with Crippen molar-refractivity contribution in [1.29, 1.82) is 0 Å². The van der Waals surface area contributed by atoms with Gasteiger partial charge in [-0.2, -0.15) is 0 Å². The van der Waals surface area contributed by atoms with Crippen LogP contribution in [0.2, 0.25) is 0 Å². The molecule has 0 N–H and O–H groups in total. The molecule has 5 aliphatic carbocycles. The predicted octanol–water partition coefficient (Wildman–Crippen LogP) is 8.74. The zero-order valence-electron chi connectivity index (χ0n) is 23.6. The Morgan fingerprint density at radius 1 is 0.882 bits per heavy atom. The third kappa shape index (κ3) is 3.14. The molecule has 0 aromatic heterocycles. The third-order valence-electron chi connectivity index (χ3n) is 13.3. The van der Waals surface area contributed by atoms with E-state index < -0.39 is 0 Å². The number of hydrogen-bond donors (Lipinski definition) is 0. The molecule has 9 atom stereocenters. The summed E-state index contributed by atoms with van der Waals surface area (Å²) in [6.07, 6.45) is 17.6. The average molecular weight is 469 g/mol. The average Bonchev–Trinajstić information content (AvgIpc) is 3.32. The van der Waals surface area contributed by atoms with Crippen LogP contribution in [0.15, 0.2) is 11.6 Å². The van der Waals surface area contributed by atoms with Crippen molar-refractivity contribution in [2.24, 2.45) is 50.7 Å². The minimum Gasteiger partial charge on any atom is -0.462 e. The van der Waals surface area contributed by atoms with Crippen LogP contribution in [-0.4, -0.2) is 12.1 Å². The number of carbonyl (C=O) groups is 1. The van der Waals surface area contributed by atoms with E-state index in [4.69, 9.17) is 4.74 Å². The number of hydrogen-bond acceptors (Lipinski definition) is 2. The van der Waals surface area contributed by atoms with Crippen LogP contribution < -0.4 is 0 Å². The van der Waals surface area contributed by atoms with E-state index in [0.717, 1.165) is 30.1 Å². The molecule has 34 heavy (non-hydrogen) atoms. The molecule has 0 aliphatic heterocycles. The summed E-state index contributed by atoms with van der Waals surface area (Å²) in [5.74, 6) is 3.27. The van der Waals surface area contributed by atoms with Gasteiger partial charge in [0.25, 0.3) is 0 Å². The van der Waals surface area contributed by atoms with Crippen LogP contribution in [-0.2, 0) is 9.53 Å². The summed E-state index contributed by atoms with van der Waals surface area (Å²) in [4.78, 5) is 11.8. The maximum Gasteiger partial charge on any atom is 0.302 e. The summed E-state index contributed by atoms with van der Waals surface area (Å²) in [5, 5.41) is 0. The highest BCUT2D eigenvalue weighted by Gasteiger charge is 2.82. The van der Waals surface area contributed by atoms with Gasteiger partial charge in [0.05, 0.1) is 0 Å². The standard InChI is InChI=1S/C32H52O2/c1-21(2)10-9-11-22(3)24-14-16-30(8)26-13-12-25-28(5,6)27(34-23(4)33)15-17-31(25)20-32(26,31)19-18-29(24,30)7/h10,22,24-27H,9,11-20H2,1-8H3/t22?,24?,25-,26?,27?,29?,30-,31?,32?/m0/s1. The summed E-state index contributed by atoms with van der Waals surface area (Å²) in [5.41, 5.74) is 3.71. The van der Waals surface area contributed by atoms with Gasteiger partial charge in [0, 0.05) is 12.3 Å². The van der Waals surface area contributed by atoms with Crippen molar-refractivity contribution in [3.8, 4) is 0 Å². The summed E-state index contributed by atoms with van der Waals surface area (Å²) in [6, 6.07) is 0. The number of carbonyl (C=O) groups excluding carboxylic acids is 1. The lowest BCUT2D eigenvalue weighted by Gasteiger charge is -2.63. The van der Waals surface area contributed by atoms with Crippen LogP contribution in [0.25, 0.3) is 0 Å². The van der Waals surface area contributed by atoms with Crippen molar-refractivity contribution in [3.63, 3.8) is 0 Å². The Balaban J connectivity index is 1.39. The molecule has 0 bridgehead atoms. The predicted molar refractivity (Wildman–Crippen MR) is 140 cm³/mol. The summed E-state index contributed by atoms with van der Waals surface area (Å²) >= 11 is 0. The molecule has 2 heteroatoms. The van der Waals surface area contributed by atoms with Gasteiger partial charge in [-0.3, -0.25) is 4.79 Å². The van der Waals surface area contributed by atoms with Crippen molar-refractivity contribution >= 4 is 5.97 Å². The second kappa shape index (κ2) is 7.85. The van der Waals surface area contributed by atoms with Gasteiger partial charge in [-0.25, -0.2) is 0 Å². The maximum absolute atomic E-state index is 11.8. The van der Waals surface area contributed by atoms with Crippen molar-refractivity contribution in [3.05, 3.63) is 11.6 Å². The normalized spacial score (nSPS) is 49.1. The lowest BCUT2D eigenvalue weighted by atomic mass is 9.41. The van der Waals surface area contributed by atoms with E-state index in [1.807, 2.05) is 0 Å². The van der Waals surface area contributed by atoms with E-state index in [2.05, 4.69) is 54.5 Å². The second-order valence-electron chi connectivity index (χ2n) is 14.9. The zero-order valence-corrected chi connectivity index (χ0v) is 23.6. The van der Waals surface area contributed by atoms with E-state index in [1.54, 1.807) is 6.92 Å². The van der Waals surface area contributed by atoms with E-state index in [-0.39, 0.29) is 17.5 Å². The molecule has 5 aliphatic rings. The van der Waals surface area contributed by atoms with Gasteiger partial charge in [0.15, 0.2) is 0 Å². The van der Waals surface area contributed by atoms with E-state index in [0.29, 0.717) is 21.7 Å². The molecular weight excluding hydrogens is 416 g/mol. The maximum atomic E-state index is 11.8. The lowest BCUT2D eigenvalue weighted by Crippen LogP contribution is -2.58. The Bertz CT molecular complexity index is 866. The highest BCUT2D eigenvalue weighted by molar-refractivity contribution is 5.66. The fourth-order valence-electron chi connectivity index (χ4n) is 11.5. The van der Waals surface area contributed by atoms with Gasteiger partial charge in [-0.15, -0.1) is 0 Å². The number of fused-ring (bicyclic) bond motifs is 2. The highest BCUT2D eigenvalue weighted by atomic mass is 16.5. The van der Waals surface area contributed by atoms with Crippen LogP contribution in [0.1, 0.15) is 126 Å². The van der Waals surface area contributed by atoms with E-state index in [9.17, 15) is 4.79 Å². The molecule has 2 spiro atoms. The molecule has 0 saturated heterocycles. The highest BCUT2D eigenvalue weighted by Crippen LogP contribution is 2.89. The number of allylic oxidation sites excluding steroid dienone is 2. The fraction of sp³-hybridized carbons (Fsp3) is 0.906. The smallest absolute Gasteiger partial charge is 0.302 e. The van der Waals surface area contributed by atoms with Gasteiger partial charge in [0.2, 0.25) is 0 Å². The molecule has 0 aromatic rings. The largest absolute Gasteiger partial charge is 0.462 e. The minimum atomic E-state index is -0.0927. The molecule has 0 amide bonds. The fourth-order valence-corrected chi connectivity index (χ4v) is 11.5. The van der Waals surface area contributed by atoms with E-state index in [1.165, 1.54) is 69.8 Å². The Morgan fingerprint density at radius 2 is 1.56 bits per heavy atom. The number of rotatable bonds is 5. The summed E-state index contributed by atoms with van der Waals surface area (Å²) < 4.78 is 5.90. The van der Waals surface area contributed by atoms with Crippen molar-refractivity contribution in [2.75, 3.05) is 0 Å². The van der Waals surface area contributed by atoms with Gasteiger partial charge in [0.1, 0.15) is 6.10 Å². The van der Waals surface area contributed by atoms with Crippen molar-refractivity contribution in [1.82, 2.24) is 0 Å². The molecule has 192 valence electrons. The Kier molecular flexibility index (Phi) is 5.75. The van der Waals surface area contributed by atoms with Crippen LogP contribution in [0.5, 0.6) is 0 Å². The molecular formula is C32H52O2. The molecule has 0 radical (unpaired) electrons. The van der Waals surface area contributed by atoms with Gasteiger partial charge >= 0.3 is 5.97 Å². The summed E-state index contributed by atoms with van der Waals surface area (Å²) in [7, 11) is 0. The minimum absolute atomic E-state index is 0.0927.